The van der Waals surface area contributed by atoms with Crippen LogP contribution >= 0.6 is 0 Å². The summed E-state index contributed by atoms with van der Waals surface area (Å²) in [5.74, 6) is -0.247. The smallest absolute Gasteiger partial charge is 0.387 e. The first-order valence-corrected chi connectivity index (χ1v) is 6.76. The summed E-state index contributed by atoms with van der Waals surface area (Å²) in [5, 5.41) is 2.63. The lowest BCUT2D eigenvalue weighted by Crippen LogP contribution is -2.31. The molecule has 1 unspecified atom stereocenters. The number of alkyl halides is 2. The maximum atomic E-state index is 12.1. The summed E-state index contributed by atoms with van der Waals surface area (Å²) in [6.45, 7) is 3.26. The first-order valence-electron chi connectivity index (χ1n) is 6.76. The second-order valence-electron chi connectivity index (χ2n) is 6.18. The third-order valence-corrected chi connectivity index (χ3v) is 2.67. The average molecular weight is 300 g/mol. The average Bonchev–Trinajstić information content (AvgIpc) is 2.24. The third-order valence-electron chi connectivity index (χ3n) is 2.67. The van der Waals surface area contributed by atoms with Crippen molar-refractivity contribution < 1.29 is 18.3 Å². The van der Waals surface area contributed by atoms with Crippen molar-refractivity contribution >= 4 is 11.6 Å². The molecule has 1 atom stereocenters. The van der Waals surface area contributed by atoms with Crippen molar-refractivity contribution in [1.29, 1.82) is 0 Å². The van der Waals surface area contributed by atoms with E-state index in [0.717, 1.165) is 6.42 Å². The van der Waals surface area contributed by atoms with Gasteiger partial charge in [-0.1, -0.05) is 26.8 Å². The van der Waals surface area contributed by atoms with Gasteiger partial charge < -0.3 is 15.8 Å². The summed E-state index contributed by atoms with van der Waals surface area (Å²) < 4.78 is 28.5. The number of anilines is 1. The summed E-state index contributed by atoms with van der Waals surface area (Å²) >= 11 is 0. The minimum Gasteiger partial charge on any atom is -0.435 e. The molecule has 0 aromatic heterocycles. The zero-order valence-electron chi connectivity index (χ0n) is 12.5. The zero-order chi connectivity index (χ0) is 16.0. The molecule has 0 spiro atoms. The Morgan fingerprint density at radius 1 is 1.38 bits per heavy atom. The zero-order valence-corrected chi connectivity index (χ0v) is 12.5. The van der Waals surface area contributed by atoms with E-state index in [0.29, 0.717) is 5.69 Å². The Hall–Kier alpha value is -1.69. The van der Waals surface area contributed by atoms with E-state index in [9.17, 15) is 13.6 Å². The normalized spacial score (nSPS) is 13.1. The van der Waals surface area contributed by atoms with Gasteiger partial charge in [-0.3, -0.25) is 4.79 Å². The van der Waals surface area contributed by atoms with Gasteiger partial charge in [-0.15, -0.1) is 0 Å². The molecule has 0 saturated carbocycles. The highest BCUT2D eigenvalue weighted by atomic mass is 19.3. The fourth-order valence-electron chi connectivity index (χ4n) is 2.06. The van der Waals surface area contributed by atoms with Crippen molar-refractivity contribution in [3.05, 3.63) is 24.3 Å². The second-order valence-corrected chi connectivity index (χ2v) is 6.18. The van der Waals surface area contributed by atoms with Gasteiger partial charge in [-0.2, -0.15) is 8.78 Å². The van der Waals surface area contributed by atoms with Crippen LogP contribution in [0.1, 0.15) is 33.6 Å². The van der Waals surface area contributed by atoms with Crippen LogP contribution in [-0.2, 0) is 4.79 Å². The van der Waals surface area contributed by atoms with E-state index in [1.165, 1.54) is 18.2 Å². The van der Waals surface area contributed by atoms with Gasteiger partial charge in [0.1, 0.15) is 5.75 Å². The molecule has 1 amide bonds. The molecule has 0 heterocycles. The van der Waals surface area contributed by atoms with Crippen LogP contribution in [0.25, 0.3) is 0 Å². The number of carbonyl (C=O) groups excluding carboxylic acids is 1. The standard InChI is InChI=1S/C15H22F2N2O2/c1-15(2,3)9-10(18)7-13(20)19-11-5-4-6-12(8-11)21-14(16)17/h4-6,8,10,14H,7,9,18H2,1-3H3,(H,19,20). The number of benzene rings is 1. The monoisotopic (exact) mass is 300 g/mol. The van der Waals surface area contributed by atoms with Crippen molar-refractivity contribution in [2.45, 2.75) is 46.3 Å². The quantitative estimate of drug-likeness (QED) is 0.846. The van der Waals surface area contributed by atoms with Crippen LogP contribution in [0.3, 0.4) is 0 Å². The fraction of sp³-hybridized carbons (Fsp3) is 0.533. The Labute approximate surface area is 123 Å². The molecular weight excluding hydrogens is 278 g/mol. The first-order chi connectivity index (χ1) is 9.65. The molecule has 0 bridgehead atoms. The number of hydrogen-bond acceptors (Lipinski definition) is 3. The number of carbonyl (C=O) groups is 1. The van der Waals surface area contributed by atoms with Crippen molar-refractivity contribution in [3.63, 3.8) is 0 Å². The lowest BCUT2D eigenvalue weighted by atomic mass is 9.87. The van der Waals surface area contributed by atoms with Crippen LogP contribution in [-0.4, -0.2) is 18.6 Å². The summed E-state index contributed by atoms with van der Waals surface area (Å²) in [6, 6.07) is 5.63. The topological polar surface area (TPSA) is 64.4 Å². The highest BCUT2D eigenvalue weighted by Crippen LogP contribution is 2.22. The molecule has 4 nitrogen and oxygen atoms in total. The second kappa shape index (κ2) is 7.36. The van der Waals surface area contributed by atoms with E-state index in [1.807, 2.05) is 0 Å². The lowest BCUT2D eigenvalue weighted by molar-refractivity contribution is -0.116. The van der Waals surface area contributed by atoms with Gasteiger partial charge in [0.2, 0.25) is 5.91 Å². The number of ether oxygens (including phenoxy) is 1. The number of amides is 1. The number of hydrogen-bond donors (Lipinski definition) is 2. The largest absolute Gasteiger partial charge is 0.435 e. The van der Waals surface area contributed by atoms with Crippen LogP contribution in [0.5, 0.6) is 5.75 Å². The first kappa shape index (κ1) is 17.4. The number of nitrogens with one attached hydrogen (secondary N) is 1. The molecule has 0 aliphatic heterocycles. The molecule has 0 aliphatic rings. The van der Waals surface area contributed by atoms with Gasteiger partial charge in [0.15, 0.2) is 0 Å². The Morgan fingerprint density at radius 2 is 2.05 bits per heavy atom. The molecule has 118 valence electrons. The van der Waals surface area contributed by atoms with Gasteiger partial charge >= 0.3 is 6.61 Å². The number of halogens is 2. The van der Waals surface area contributed by atoms with Gasteiger partial charge in [0.25, 0.3) is 0 Å². The molecule has 1 aromatic rings. The van der Waals surface area contributed by atoms with Crippen LogP contribution in [0.4, 0.5) is 14.5 Å². The molecule has 0 aliphatic carbocycles. The third kappa shape index (κ3) is 7.60. The lowest BCUT2D eigenvalue weighted by Gasteiger charge is -2.22. The summed E-state index contributed by atoms with van der Waals surface area (Å²) in [4.78, 5) is 11.9. The highest BCUT2D eigenvalue weighted by molar-refractivity contribution is 5.91. The van der Waals surface area contributed by atoms with Crippen molar-refractivity contribution in [2.75, 3.05) is 5.32 Å². The molecule has 1 rings (SSSR count). The van der Waals surface area contributed by atoms with Gasteiger partial charge in [0, 0.05) is 24.2 Å². The molecule has 0 radical (unpaired) electrons. The molecule has 3 N–H and O–H groups in total. The van der Waals surface area contributed by atoms with E-state index >= 15 is 0 Å². The van der Waals surface area contributed by atoms with E-state index in [1.54, 1.807) is 6.07 Å². The molecule has 0 fully saturated rings. The number of nitrogens with two attached hydrogens (primary N) is 1. The van der Waals surface area contributed by atoms with Crippen LogP contribution in [0, 0.1) is 5.41 Å². The molecule has 21 heavy (non-hydrogen) atoms. The molecule has 1 aromatic carbocycles. The predicted molar refractivity (Wildman–Crippen MR) is 78.4 cm³/mol. The van der Waals surface area contributed by atoms with Crippen LogP contribution in [0.2, 0.25) is 0 Å². The Bertz CT molecular complexity index is 473. The summed E-state index contributed by atoms with van der Waals surface area (Å²) in [7, 11) is 0. The van der Waals surface area contributed by atoms with Crippen molar-refractivity contribution in [1.82, 2.24) is 0 Å². The fourth-order valence-corrected chi connectivity index (χ4v) is 2.06. The number of rotatable bonds is 6. The van der Waals surface area contributed by atoms with Crippen LogP contribution < -0.4 is 15.8 Å². The molecular formula is C15H22F2N2O2. The maximum Gasteiger partial charge on any atom is 0.387 e. The maximum absolute atomic E-state index is 12.1. The minimum atomic E-state index is -2.89. The van der Waals surface area contributed by atoms with E-state index in [2.05, 4.69) is 30.8 Å². The predicted octanol–water partition coefficient (Wildman–Crippen LogP) is 3.38. The highest BCUT2D eigenvalue weighted by Gasteiger charge is 2.18. The molecule has 0 saturated heterocycles. The summed E-state index contributed by atoms with van der Waals surface area (Å²) in [5.41, 5.74) is 6.38. The Morgan fingerprint density at radius 3 is 2.62 bits per heavy atom. The van der Waals surface area contributed by atoms with Crippen LogP contribution in [0.15, 0.2) is 24.3 Å². The van der Waals surface area contributed by atoms with Gasteiger partial charge in [0.05, 0.1) is 0 Å². The minimum absolute atomic E-state index is 0.00166. The van der Waals surface area contributed by atoms with E-state index < -0.39 is 6.61 Å². The van der Waals surface area contributed by atoms with Crippen molar-refractivity contribution in [2.24, 2.45) is 11.1 Å². The van der Waals surface area contributed by atoms with E-state index in [4.69, 9.17) is 5.73 Å². The van der Waals surface area contributed by atoms with E-state index in [-0.39, 0.29) is 29.5 Å². The van der Waals surface area contributed by atoms with Crippen molar-refractivity contribution in [3.8, 4) is 5.75 Å². The Kier molecular flexibility index (Phi) is 6.08. The van der Waals surface area contributed by atoms with Gasteiger partial charge in [-0.25, -0.2) is 0 Å². The molecule has 6 heteroatoms. The van der Waals surface area contributed by atoms with Gasteiger partial charge in [-0.05, 0) is 24.0 Å². The Balaban J connectivity index is 2.55. The SMILES string of the molecule is CC(C)(C)CC(N)CC(=O)Nc1cccc(OC(F)F)c1. The summed E-state index contributed by atoms with van der Waals surface area (Å²) in [6.07, 6.45) is 0.895.